The molecule has 0 aliphatic rings. The number of aromatic hydroxyl groups is 1. The zero-order valence-corrected chi connectivity index (χ0v) is 10.4. The van der Waals surface area contributed by atoms with Gasteiger partial charge in [-0.15, -0.1) is 0 Å². The van der Waals surface area contributed by atoms with Crippen molar-refractivity contribution in [1.82, 2.24) is 0 Å². The zero-order valence-electron chi connectivity index (χ0n) is 9.60. The predicted octanol–water partition coefficient (Wildman–Crippen LogP) is 2.51. The maximum absolute atomic E-state index is 9.48. The lowest BCUT2D eigenvalue weighted by Crippen LogP contribution is -2.01. The molecule has 1 aromatic rings. The molecule has 0 spiro atoms. The Morgan fingerprint density at radius 3 is 2.53 bits per heavy atom. The van der Waals surface area contributed by atoms with Gasteiger partial charge in [0.25, 0.3) is 0 Å². The first-order valence-corrected chi connectivity index (χ1v) is 7.95. The van der Waals surface area contributed by atoms with Crippen LogP contribution >= 0.6 is 10.0 Å². The number of aliphatic imine (C=N–C) groups is 1. The van der Waals surface area contributed by atoms with Gasteiger partial charge < -0.3 is 5.11 Å². The van der Waals surface area contributed by atoms with E-state index in [9.17, 15) is 5.11 Å². The molecule has 0 unspecified atom stereocenters. The van der Waals surface area contributed by atoms with E-state index >= 15 is 0 Å². The summed E-state index contributed by atoms with van der Waals surface area (Å²) in [6, 6.07) is 7.25. The van der Waals surface area contributed by atoms with Crippen LogP contribution in [0.1, 0.15) is 5.56 Å². The van der Waals surface area contributed by atoms with Crippen molar-refractivity contribution in [3.8, 4) is 5.75 Å². The largest absolute Gasteiger partial charge is 0.507 e. The van der Waals surface area contributed by atoms with Crippen molar-refractivity contribution >= 4 is 16.2 Å². The average molecular weight is 225 g/mol. The molecular formula is C12H19NOS. The fourth-order valence-corrected chi connectivity index (χ4v) is 1.74. The molecule has 1 rings (SSSR count). The van der Waals surface area contributed by atoms with Crippen molar-refractivity contribution < 1.29 is 5.11 Å². The molecule has 1 aromatic carbocycles. The summed E-state index contributed by atoms with van der Waals surface area (Å²) in [5, 5.41) is 9.48. The van der Waals surface area contributed by atoms with Crippen molar-refractivity contribution in [3.05, 3.63) is 29.8 Å². The molecule has 15 heavy (non-hydrogen) atoms. The van der Waals surface area contributed by atoms with E-state index in [1.807, 2.05) is 18.2 Å². The topological polar surface area (TPSA) is 32.6 Å². The molecule has 84 valence electrons. The molecule has 1 N–H and O–H groups in total. The number of para-hydroxylation sites is 1. The molecule has 2 nitrogen and oxygen atoms in total. The van der Waals surface area contributed by atoms with Crippen LogP contribution in [0.25, 0.3) is 0 Å². The smallest absolute Gasteiger partial charge is 0.124 e. The minimum absolute atomic E-state index is 0.296. The van der Waals surface area contributed by atoms with Crippen LogP contribution in [0.4, 0.5) is 0 Å². The highest BCUT2D eigenvalue weighted by molar-refractivity contribution is 8.32. The van der Waals surface area contributed by atoms with E-state index in [4.69, 9.17) is 0 Å². The van der Waals surface area contributed by atoms with Gasteiger partial charge in [-0.25, -0.2) is 10.0 Å². The molecule has 0 aliphatic carbocycles. The molecule has 0 aromatic heterocycles. The summed E-state index contributed by atoms with van der Waals surface area (Å²) in [7, 11) is -0.465. The average Bonchev–Trinajstić information content (AvgIpc) is 2.13. The van der Waals surface area contributed by atoms with Crippen molar-refractivity contribution in [1.29, 1.82) is 0 Å². The Bertz CT molecular complexity index is 342. The highest BCUT2D eigenvalue weighted by Gasteiger charge is 2.01. The molecule has 0 saturated heterocycles. The third-order valence-electron chi connectivity index (χ3n) is 2.00. The van der Waals surface area contributed by atoms with E-state index in [1.54, 1.807) is 12.3 Å². The molecule has 0 heterocycles. The van der Waals surface area contributed by atoms with Crippen molar-refractivity contribution in [2.45, 2.75) is 0 Å². The molecule has 3 heteroatoms. The van der Waals surface area contributed by atoms with Gasteiger partial charge in [-0.2, -0.15) is 0 Å². The summed E-state index contributed by atoms with van der Waals surface area (Å²) in [6.45, 7) is 0.840. The third-order valence-corrected chi connectivity index (χ3v) is 3.41. The Hall–Kier alpha value is -0.960. The summed E-state index contributed by atoms with van der Waals surface area (Å²) >= 11 is 0. The second-order valence-corrected chi connectivity index (χ2v) is 8.98. The highest BCUT2D eigenvalue weighted by atomic mass is 32.3. The predicted molar refractivity (Wildman–Crippen MR) is 70.8 cm³/mol. The van der Waals surface area contributed by atoms with Crippen LogP contribution in [0, 0.1) is 0 Å². The van der Waals surface area contributed by atoms with Crippen LogP contribution in [0.2, 0.25) is 0 Å². The van der Waals surface area contributed by atoms with E-state index in [-0.39, 0.29) is 0 Å². The van der Waals surface area contributed by atoms with Gasteiger partial charge in [-0.1, -0.05) is 12.1 Å². The Labute approximate surface area is 93.4 Å². The second-order valence-electron chi connectivity index (χ2n) is 4.39. The number of nitrogens with zero attached hydrogens (tertiary/aromatic N) is 1. The normalized spacial score (nSPS) is 13.3. The van der Waals surface area contributed by atoms with Gasteiger partial charge in [-0.05, 0) is 36.7 Å². The van der Waals surface area contributed by atoms with Gasteiger partial charge >= 0.3 is 0 Å². The first-order chi connectivity index (χ1) is 6.99. The number of phenolic OH excluding ortho intramolecular Hbond substituents is 1. The van der Waals surface area contributed by atoms with E-state index in [2.05, 4.69) is 23.8 Å². The molecule has 0 atom stereocenters. The Morgan fingerprint density at radius 1 is 1.27 bits per heavy atom. The summed E-state index contributed by atoms with van der Waals surface area (Å²) in [5.74, 6) is 1.43. The minimum atomic E-state index is -0.465. The van der Waals surface area contributed by atoms with Gasteiger partial charge in [-0.3, -0.25) is 4.99 Å². The standard InChI is InChI=1S/C12H19NOS/c1-15(2,3)9-8-13-10-11-6-4-5-7-12(11)14/h4-7,10,14H,8-9H2,1-3H3. The quantitative estimate of drug-likeness (QED) is 0.785. The summed E-state index contributed by atoms with van der Waals surface area (Å²) in [6.07, 6.45) is 8.59. The molecular weight excluding hydrogens is 206 g/mol. The van der Waals surface area contributed by atoms with E-state index in [0.29, 0.717) is 5.75 Å². The maximum atomic E-state index is 9.48. The van der Waals surface area contributed by atoms with Crippen LogP contribution in [-0.4, -0.2) is 42.4 Å². The van der Waals surface area contributed by atoms with Gasteiger partial charge in [0.15, 0.2) is 0 Å². The summed E-state index contributed by atoms with van der Waals surface area (Å²) in [4.78, 5) is 4.32. The lowest BCUT2D eigenvalue weighted by Gasteiger charge is -2.23. The zero-order chi connectivity index (χ0) is 11.3. The molecule has 0 amide bonds. The minimum Gasteiger partial charge on any atom is -0.507 e. The van der Waals surface area contributed by atoms with Gasteiger partial charge in [0.05, 0.1) is 0 Å². The maximum Gasteiger partial charge on any atom is 0.124 e. The SMILES string of the molecule is CS(C)(C)CCN=Cc1ccccc1O. The first-order valence-electron chi connectivity index (χ1n) is 4.93. The molecule has 0 aliphatic heterocycles. The van der Waals surface area contributed by atoms with Crippen molar-refractivity contribution in [2.24, 2.45) is 4.99 Å². The van der Waals surface area contributed by atoms with Crippen LogP contribution in [-0.2, 0) is 0 Å². The summed E-state index contributed by atoms with van der Waals surface area (Å²) < 4.78 is 0. The number of phenols is 1. The van der Waals surface area contributed by atoms with Crippen LogP contribution < -0.4 is 0 Å². The molecule has 0 radical (unpaired) electrons. The monoisotopic (exact) mass is 225 g/mol. The summed E-state index contributed by atoms with van der Waals surface area (Å²) in [5.41, 5.74) is 0.793. The molecule has 0 fully saturated rings. The Morgan fingerprint density at radius 2 is 1.93 bits per heavy atom. The Kier molecular flexibility index (Phi) is 4.21. The van der Waals surface area contributed by atoms with Crippen LogP contribution in [0.3, 0.4) is 0 Å². The molecule has 0 saturated carbocycles. The highest BCUT2D eigenvalue weighted by Crippen LogP contribution is 2.33. The van der Waals surface area contributed by atoms with Crippen molar-refractivity contribution in [3.63, 3.8) is 0 Å². The number of hydrogen-bond donors (Lipinski definition) is 1. The molecule has 0 bridgehead atoms. The number of rotatable bonds is 4. The number of hydrogen-bond acceptors (Lipinski definition) is 2. The van der Waals surface area contributed by atoms with Gasteiger partial charge in [0.1, 0.15) is 5.75 Å². The number of benzene rings is 1. The fourth-order valence-electron chi connectivity index (χ4n) is 1.09. The van der Waals surface area contributed by atoms with Crippen LogP contribution in [0.15, 0.2) is 29.3 Å². The lowest BCUT2D eigenvalue weighted by atomic mass is 10.2. The van der Waals surface area contributed by atoms with E-state index < -0.39 is 10.0 Å². The van der Waals surface area contributed by atoms with Crippen molar-refractivity contribution in [2.75, 3.05) is 31.1 Å². The van der Waals surface area contributed by atoms with Crippen LogP contribution in [0.5, 0.6) is 5.75 Å². The van der Waals surface area contributed by atoms with E-state index in [1.165, 1.54) is 0 Å². The lowest BCUT2D eigenvalue weighted by molar-refractivity contribution is 0.474. The first kappa shape index (κ1) is 12.1. The van der Waals surface area contributed by atoms with E-state index in [0.717, 1.165) is 17.9 Å². The second kappa shape index (κ2) is 5.21. The Balaban J connectivity index is 2.49. The third kappa shape index (κ3) is 4.88. The van der Waals surface area contributed by atoms with Gasteiger partial charge in [0.2, 0.25) is 0 Å². The fraction of sp³-hybridized carbons (Fsp3) is 0.417. The van der Waals surface area contributed by atoms with Gasteiger partial charge in [0, 0.05) is 18.3 Å².